The number of rotatable bonds is 3. The zero-order valence-corrected chi connectivity index (χ0v) is 12.6. The van der Waals surface area contributed by atoms with Crippen molar-refractivity contribution < 1.29 is 18.3 Å². The van der Waals surface area contributed by atoms with Crippen molar-refractivity contribution in [2.24, 2.45) is 11.8 Å². The number of sulfonamides is 1. The molecular formula is C13H22N2O4S. The average Bonchev–Trinajstić information content (AvgIpc) is 3.18. The van der Waals surface area contributed by atoms with E-state index in [0.717, 1.165) is 12.8 Å². The fourth-order valence-corrected chi connectivity index (χ4v) is 4.22. The number of piperidine rings is 1. The van der Waals surface area contributed by atoms with Crippen LogP contribution in [0.25, 0.3) is 0 Å². The number of carbonyl (C=O) groups is 1. The lowest BCUT2D eigenvalue weighted by Gasteiger charge is -2.48. The van der Waals surface area contributed by atoms with Crippen molar-refractivity contribution >= 4 is 15.9 Å². The molecule has 0 aromatic carbocycles. The van der Waals surface area contributed by atoms with Gasteiger partial charge in [-0.3, -0.25) is 4.79 Å². The van der Waals surface area contributed by atoms with Crippen molar-refractivity contribution in [1.82, 2.24) is 9.21 Å². The third-order valence-corrected chi connectivity index (χ3v) is 6.15. The summed E-state index contributed by atoms with van der Waals surface area (Å²) in [5, 5.41) is 10.2. The largest absolute Gasteiger partial charge is 0.386 e. The third-order valence-electron chi connectivity index (χ3n) is 4.85. The second-order valence-electron chi connectivity index (χ2n) is 6.51. The molecule has 1 aliphatic carbocycles. The Morgan fingerprint density at radius 2 is 1.70 bits per heavy atom. The van der Waals surface area contributed by atoms with Gasteiger partial charge in [-0.25, -0.2) is 12.7 Å². The van der Waals surface area contributed by atoms with Crippen molar-refractivity contribution in [3.8, 4) is 0 Å². The molecule has 114 valence electrons. The number of amides is 1. The van der Waals surface area contributed by atoms with E-state index in [2.05, 4.69) is 0 Å². The summed E-state index contributed by atoms with van der Waals surface area (Å²) in [6, 6.07) is 0. The predicted molar refractivity (Wildman–Crippen MR) is 73.4 cm³/mol. The van der Waals surface area contributed by atoms with Crippen LogP contribution < -0.4 is 0 Å². The lowest BCUT2D eigenvalue weighted by molar-refractivity contribution is -0.164. The molecule has 6 nitrogen and oxygen atoms in total. The van der Waals surface area contributed by atoms with Crippen LogP contribution in [0.3, 0.4) is 0 Å². The SMILES string of the molecule is CS(=O)(=O)N1CCC(C(=O)N2CC(O)(C3CC3)C2)CC1. The molecule has 3 fully saturated rings. The van der Waals surface area contributed by atoms with Gasteiger partial charge in [-0.1, -0.05) is 0 Å². The monoisotopic (exact) mass is 302 g/mol. The van der Waals surface area contributed by atoms with Gasteiger partial charge in [-0.2, -0.15) is 0 Å². The predicted octanol–water partition coefficient (Wildman–Crippen LogP) is -0.359. The third kappa shape index (κ3) is 2.58. The van der Waals surface area contributed by atoms with Crippen LogP contribution in [-0.4, -0.2) is 66.7 Å². The smallest absolute Gasteiger partial charge is 0.225 e. The highest BCUT2D eigenvalue weighted by Crippen LogP contribution is 2.45. The van der Waals surface area contributed by atoms with Crippen LogP contribution in [0.1, 0.15) is 25.7 Å². The van der Waals surface area contributed by atoms with E-state index in [1.807, 2.05) is 0 Å². The molecule has 2 heterocycles. The minimum atomic E-state index is -3.14. The molecule has 0 spiro atoms. The molecule has 0 aromatic heterocycles. The van der Waals surface area contributed by atoms with E-state index in [1.54, 1.807) is 4.90 Å². The number of aliphatic hydroxyl groups is 1. The van der Waals surface area contributed by atoms with Crippen LogP contribution in [0.5, 0.6) is 0 Å². The van der Waals surface area contributed by atoms with E-state index in [4.69, 9.17) is 0 Å². The van der Waals surface area contributed by atoms with E-state index >= 15 is 0 Å². The highest BCUT2D eigenvalue weighted by Gasteiger charge is 2.53. The van der Waals surface area contributed by atoms with Crippen LogP contribution in [0.4, 0.5) is 0 Å². The molecule has 1 N–H and O–H groups in total. The zero-order valence-electron chi connectivity index (χ0n) is 11.8. The van der Waals surface area contributed by atoms with Crippen LogP contribution in [0, 0.1) is 11.8 Å². The molecule has 3 aliphatic rings. The van der Waals surface area contributed by atoms with Crippen LogP contribution >= 0.6 is 0 Å². The quantitative estimate of drug-likeness (QED) is 0.772. The molecule has 7 heteroatoms. The van der Waals surface area contributed by atoms with Crippen LogP contribution in [-0.2, 0) is 14.8 Å². The molecule has 0 aromatic rings. The summed E-state index contributed by atoms with van der Waals surface area (Å²) in [5.74, 6) is 0.388. The van der Waals surface area contributed by atoms with E-state index in [0.29, 0.717) is 44.9 Å². The van der Waals surface area contributed by atoms with Crippen molar-refractivity contribution in [3.63, 3.8) is 0 Å². The summed E-state index contributed by atoms with van der Waals surface area (Å²) in [7, 11) is -3.14. The Morgan fingerprint density at radius 1 is 1.15 bits per heavy atom. The van der Waals surface area contributed by atoms with Crippen LogP contribution in [0.15, 0.2) is 0 Å². The van der Waals surface area contributed by atoms with Crippen molar-refractivity contribution in [1.29, 1.82) is 0 Å². The number of nitrogens with zero attached hydrogens (tertiary/aromatic N) is 2. The Morgan fingerprint density at radius 3 is 2.15 bits per heavy atom. The molecule has 2 aliphatic heterocycles. The topological polar surface area (TPSA) is 77.9 Å². The Kier molecular flexibility index (Phi) is 3.34. The summed E-state index contributed by atoms with van der Waals surface area (Å²) in [5.41, 5.74) is -0.636. The summed E-state index contributed by atoms with van der Waals surface area (Å²) in [4.78, 5) is 14.0. The van der Waals surface area contributed by atoms with Gasteiger partial charge in [0.05, 0.1) is 19.3 Å². The maximum absolute atomic E-state index is 12.3. The number of hydrogen-bond acceptors (Lipinski definition) is 4. The second-order valence-corrected chi connectivity index (χ2v) is 8.49. The maximum atomic E-state index is 12.3. The molecular weight excluding hydrogens is 280 g/mol. The summed E-state index contributed by atoms with van der Waals surface area (Å²) in [6.07, 6.45) is 4.53. The fourth-order valence-electron chi connectivity index (χ4n) is 3.34. The standard InChI is InChI=1S/C13H22N2O4S/c1-20(18,19)15-6-4-10(5-7-15)12(16)14-8-13(17,9-14)11-2-3-11/h10-11,17H,2-9H2,1H3. The molecule has 20 heavy (non-hydrogen) atoms. The normalized spacial score (nSPS) is 28.2. The number of hydrogen-bond donors (Lipinski definition) is 1. The van der Waals surface area contributed by atoms with E-state index < -0.39 is 15.6 Å². The van der Waals surface area contributed by atoms with E-state index in [-0.39, 0.29) is 11.8 Å². The van der Waals surface area contributed by atoms with Crippen molar-refractivity contribution in [3.05, 3.63) is 0 Å². The minimum Gasteiger partial charge on any atom is -0.386 e. The van der Waals surface area contributed by atoms with E-state index in [9.17, 15) is 18.3 Å². The van der Waals surface area contributed by atoms with Gasteiger partial charge in [0.25, 0.3) is 0 Å². The highest BCUT2D eigenvalue weighted by atomic mass is 32.2. The van der Waals surface area contributed by atoms with Gasteiger partial charge < -0.3 is 10.0 Å². The Hall–Kier alpha value is -0.660. The average molecular weight is 302 g/mol. The first-order valence-corrected chi connectivity index (χ1v) is 9.11. The maximum Gasteiger partial charge on any atom is 0.225 e. The highest BCUT2D eigenvalue weighted by molar-refractivity contribution is 7.88. The lowest BCUT2D eigenvalue weighted by atomic mass is 9.86. The molecule has 0 bridgehead atoms. The van der Waals surface area contributed by atoms with Gasteiger partial charge in [0.2, 0.25) is 15.9 Å². The molecule has 3 rings (SSSR count). The molecule has 1 saturated carbocycles. The minimum absolute atomic E-state index is 0.0863. The zero-order chi connectivity index (χ0) is 14.5. The summed E-state index contributed by atoms with van der Waals surface area (Å²) in [6.45, 7) is 1.78. The van der Waals surface area contributed by atoms with E-state index in [1.165, 1.54) is 10.6 Å². The number of likely N-dealkylation sites (tertiary alicyclic amines) is 1. The molecule has 0 atom stereocenters. The van der Waals surface area contributed by atoms with Gasteiger partial charge >= 0.3 is 0 Å². The van der Waals surface area contributed by atoms with Gasteiger partial charge in [0.1, 0.15) is 5.60 Å². The lowest BCUT2D eigenvalue weighted by Crippen LogP contribution is -2.66. The first-order valence-electron chi connectivity index (χ1n) is 7.26. The van der Waals surface area contributed by atoms with Gasteiger partial charge in [-0.05, 0) is 31.6 Å². The van der Waals surface area contributed by atoms with Gasteiger partial charge in [-0.15, -0.1) is 0 Å². The van der Waals surface area contributed by atoms with Crippen LogP contribution in [0.2, 0.25) is 0 Å². The Balaban J connectivity index is 1.50. The van der Waals surface area contributed by atoms with Crippen molar-refractivity contribution in [2.45, 2.75) is 31.3 Å². The first-order chi connectivity index (χ1) is 9.29. The van der Waals surface area contributed by atoms with Gasteiger partial charge in [0, 0.05) is 19.0 Å². The number of β-amino-alcohol motifs (C(OH)–C–C–N with tert-alkyl or cyclic N) is 1. The Bertz CT molecular complexity index is 500. The number of carbonyl (C=O) groups excluding carboxylic acids is 1. The molecule has 0 radical (unpaired) electrons. The molecule has 2 saturated heterocycles. The first kappa shape index (κ1) is 14.3. The fraction of sp³-hybridized carbons (Fsp3) is 0.923. The Labute approximate surface area is 119 Å². The van der Waals surface area contributed by atoms with Gasteiger partial charge in [0.15, 0.2) is 0 Å². The summed E-state index contributed by atoms with van der Waals surface area (Å²) < 4.78 is 24.3. The molecule has 0 unspecified atom stereocenters. The molecule has 1 amide bonds. The second kappa shape index (κ2) is 4.68. The van der Waals surface area contributed by atoms with Crippen molar-refractivity contribution in [2.75, 3.05) is 32.4 Å². The summed E-state index contributed by atoms with van der Waals surface area (Å²) >= 11 is 0.